The molecule has 1 heterocycles. The van der Waals surface area contributed by atoms with E-state index in [9.17, 15) is 9.59 Å². The first-order chi connectivity index (χ1) is 10.1. The van der Waals surface area contributed by atoms with Crippen LogP contribution >= 0.6 is 35.6 Å². The highest BCUT2D eigenvalue weighted by Crippen LogP contribution is 2.25. The summed E-state index contributed by atoms with van der Waals surface area (Å²) in [6, 6.07) is 4.74. The van der Waals surface area contributed by atoms with Crippen LogP contribution in [0.3, 0.4) is 0 Å². The number of ether oxygens (including phenoxy) is 1. The van der Waals surface area contributed by atoms with Crippen molar-refractivity contribution in [1.29, 1.82) is 0 Å². The van der Waals surface area contributed by atoms with Gasteiger partial charge in [0.05, 0.1) is 23.9 Å². The predicted molar refractivity (Wildman–Crippen MR) is 88.0 cm³/mol. The molecule has 0 radical (unpaired) electrons. The van der Waals surface area contributed by atoms with Crippen LogP contribution in [0.1, 0.15) is 0 Å². The lowest BCUT2D eigenvalue weighted by molar-refractivity contribution is -0.135. The molecule has 22 heavy (non-hydrogen) atoms. The fraction of sp³-hybridized carbons (Fsp3) is 0.385. The molecule has 0 saturated carbocycles. The van der Waals surface area contributed by atoms with Gasteiger partial charge in [-0.1, -0.05) is 23.2 Å². The van der Waals surface area contributed by atoms with Gasteiger partial charge in [-0.3, -0.25) is 9.59 Å². The zero-order valence-electron chi connectivity index (χ0n) is 11.5. The third-order valence-electron chi connectivity index (χ3n) is 2.85. The lowest BCUT2D eigenvalue weighted by atomic mass is 10.3. The van der Waals surface area contributed by atoms with Crippen LogP contribution in [0.5, 0.6) is 0 Å². The second-order valence-electron chi connectivity index (χ2n) is 4.45. The van der Waals surface area contributed by atoms with Crippen molar-refractivity contribution in [2.24, 2.45) is 0 Å². The number of carbonyl (C=O) groups excluding carboxylic acids is 2. The molecule has 6 nitrogen and oxygen atoms in total. The maximum atomic E-state index is 11.8. The molecule has 1 saturated heterocycles. The van der Waals surface area contributed by atoms with Crippen molar-refractivity contribution in [1.82, 2.24) is 10.6 Å². The van der Waals surface area contributed by atoms with Gasteiger partial charge >= 0.3 is 0 Å². The van der Waals surface area contributed by atoms with E-state index in [1.54, 1.807) is 12.1 Å². The molecular formula is C13H16Cl3N3O3. The lowest BCUT2D eigenvalue weighted by Gasteiger charge is -2.22. The topological polar surface area (TPSA) is 79.5 Å². The smallest absolute Gasteiger partial charge is 0.250 e. The number of morpholine rings is 1. The monoisotopic (exact) mass is 367 g/mol. The standard InChI is InChI=1S/C13H15Cl2N3O3.ClH/c14-8-1-2-9(15)10(5-8)18-12(19)7-17-13(20)11-6-16-3-4-21-11;/h1-2,5,11,16H,3-4,6-7H2,(H,17,20)(H,18,19);1H/t11-;/m1./s1. The van der Waals surface area contributed by atoms with Crippen LogP contribution in [-0.2, 0) is 14.3 Å². The Morgan fingerprint density at radius 2 is 2.14 bits per heavy atom. The summed E-state index contributed by atoms with van der Waals surface area (Å²) in [5.41, 5.74) is 0.402. The van der Waals surface area contributed by atoms with Crippen molar-refractivity contribution in [2.45, 2.75) is 6.10 Å². The molecule has 0 aromatic heterocycles. The Bertz CT molecular complexity index is 537. The molecule has 1 fully saturated rings. The lowest BCUT2D eigenvalue weighted by Crippen LogP contribution is -2.49. The van der Waals surface area contributed by atoms with E-state index in [0.717, 1.165) is 6.54 Å². The molecule has 3 N–H and O–H groups in total. The van der Waals surface area contributed by atoms with Gasteiger partial charge in [0, 0.05) is 18.1 Å². The molecule has 0 spiro atoms. The Balaban J connectivity index is 0.00000242. The Kier molecular flexibility index (Phi) is 7.92. The summed E-state index contributed by atoms with van der Waals surface area (Å²) >= 11 is 11.8. The predicted octanol–water partition coefficient (Wildman–Crippen LogP) is 1.46. The van der Waals surface area contributed by atoms with Crippen molar-refractivity contribution >= 4 is 53.1 Å². The van der Waals surface area contributed by atoms with E-state index in [-0.39, 0.29) is 24.9 Å². The minimum Gasteiger partial charge on any atom is -0.366 e. The number of anilines is 1. The number of nitrogens with one attached hydrogen (secondary N) is 3. The summed E-state index contributed by atoms with van der Waals surface area (Å²) in [5.74, 6) is -0.717. The van der Waals surface area contributed by atoms with E-state index in [1.807, 2.05) is 0 Å². The number of halogens is 3. The molecule has 1 aliphatic heterocycles. The summed E-state index contributed by atoms with van der Waals surface area (Å²) in [5, 5.41) is 8.97. The Labute approximate surface area is 144 Å². The molecule has 2 rings (SSSR count). The molecule has 1 aliphatic rings. The number of rotatable bonds is 4. The zero-order chi connectivity index (χ0) is 15.2. The molecule has 1 aromatic rings. The van der Waals surface area contributed by atoms with E-state index in [0.29, 0.717) is 28.9 Å². The Hall–Kier alpha value is -1.05. The first kappa shape index (κ1) is 19.0. The number of amides is 2. The molecule has 1 aromatic carbocycles. The van der Waals surface area contributed by atoms with E-state index >= 15 is 0 Å². The van der Waals surface area contributed by atoms with Gasteiger partial charge in [0.15, 0.2) is 0 Å². The second kappa shape index (κ2) is 9.17. The van der Waals surface area contributed by atoms with Gasteiger partial charge in [0.2, 0.25) is 5.91 Å². The van der Waals surface area contributed by atoms with Crippen molar-refractivity contribution in [3.63, 3.8) is 0 Å². The summed E-state index contributed by atoms with van der Waals surface area (Å²) in [7, 11) is 0. The van der Waals surface area contributed by atoms with Gasteiger partial charge in [-0.25, -0.2) is 0 Å². The van der Waals surface area contributed by atoms with Crippen LogP contribution in [0.4, 0.5) is 5.69 Å². The van der Waals surface area contributed by atoms with Crippen molar-refractivity contribution in [3.05, 3.63) is 28.2 Å². The van der Waals surface area contributed by atoms with E-state index in [2.05, 4.69) is 16.0 Å². The van der Waals surface area contributed by atoms with Gasteiger partial charge in [0.1, 0.15) is 6.10 Å². The SMILES string of the molecule is Cl.O=C(CNC(=O)[C@H]1CNCCO1)Nc1cc(Cl)ccc1Cl. The van der Waals surface area contributed by atoms with Gasteiger partial charge in [0.25, 0.3) is 5.91 Å². The van der Waals surface area contributed by atoms with Crippen LogP contribution in [0.15, 0.2) is 18.2 Å². The molecule has 1 atom stereocenters. The van der Waals surface area contributed by atoms with Gasteiger partial charge < -0.3 is 20.7 Å². The molecule has 0 aliphatic carbocycles. The first-order valence-corrected chi connectivity index (χ1v) is 7.17. The molecule has 0 unspecified atom stereocenters. The van der Waals surface area contributed by atoms with Crippen molar-refractivity contribution < 1.29 is 14.3 Å². The number of hydrogen-bond donors (Lipinski definition) is 3. The summed E-state index contributed by atoms with van der Waals surface area (Å²) in [4.78, 5) is 23.6. The van der Waals surface area contributed by atoms with Crippen LogP contribution in [0, 0.1) is 0 Å². The van der Waals surface area contributed by atoms with Gasteiger partial charge in [-0.15, -0.1) is 12.4 Å². The molecule has 122 valence electrons. The van der Waals surface area contributed by atoms with E-state index in [4.69, 9.17) is 27.9 Å². The third kappa shape index (κ3) is 5.62. The van der Waals surface area contributed by atoms with Crippen LogP contribution in [0.25, 0.3) is 0 Å². The number of hydrogen-bond acceptors (Lipinski definition) is 4. The molecule has 2 amide bonds. The van der Waals surface area contributed by atoms with Crippen LogP contribution < -0.4 is 16.0 Å². The highest BCUT2D eigenvalue weighted by molar-refractivity contribution is 6.35. The van der Waals surface area contributed by atoms with Crippen LogP contribution in [-0.4, -0.2) is 44.2 Å². The highest BCUT2D eigenvalue weighted by atomic mass is 35.5. The van der Waals surface area contributed by atoms with Crippen molar-refractivity contribution in [3.8, 4) is 0 Å². The maximum absolute atomic E-state index is 11.8. The largest absolute Gasteiger partial charge is 0.366 e. The van der Waals surface area contributed by atoms with Gasteiger partial charge in [-0.05, 0) is 18.2 Å². The molecule has 0 bridgehead atoms. The quantitative estimate of drug-likeness (QED) is 0.752. The first-order valence-electron chi connectivity index (χ1n) is 6.41. The van der Waals surface area contributed by atoms with Crippen molar-refractivity contribution in [2.75, 3.05) is 31.6 Å². The second-order valence-corrected chi connectivity index (χ2v) is 5.30. The van der Waals surface area contributed by atoms with E-state index < -0.39 is 12.0 Å². The minimum absolute atomic E-state index is 0. The third-order valence-corrected chi connectivity index (χ3v) is 3.41. The number of carbonyl (C=O) groups is 2. The molecule has 9 heteroatoms. The fourth-order valence-corrected chi connectivity index (χ4v) is 2.14. The Morgan fingerprint density at radius 1 is 1.36 bits per heavy atom. The number of benzene rings is 1. The summed E-state index contributed by atoms with van der Waals surface area (Å²) < 4.78 is 5.28. The average molecular weight is 369 g/mol. The van der Waals surface area contributed by atoms with Gasteiger partial charge in [-0.2, -0.15) is 0 Å². The average Bonchev–Trinajstić information content (AvgIpc) is 2.49. The zero-order valence-corrected chi connectivity index (χ0v) is 13.9. The summed E-state index contributed by atoms with van der Waals surface area (Å²) in [6.07, 6.45) is -0.568. The van der Waals surface area contributed by atoms with E-state index in [1.165, 1.54) is 6.07 Å². The molecular weight excluding hydrogens is 353 g/mol. The normalized spacial score (nSPS) is 17.3. The summed E-state index contributed by atoms with van der Waals surface area (Å²) in [6.45, 7) is 1.47. The highest BCUT2D eigenvalue weighted by Gasteiger charge is 2.21. The Morgan fingerprint density at radius 3 is 2.82 bits per heavy atom. The fourth-order valence-electron chi connectivity index (χ4n) is 1.80. The van der Waals surface area contributed by atoms with Crippen LogP contribution in [0.2, 0.25) is 10.0 Å². The maximum Gasteiger partial charge on any atom is 0.250 e. The minimum atomic E-state index is -0.568.